The van der Waals surface area contributed by atoms with E-state index in [4.69, 9.17) is 23.2 Å². The fraction of sp³-hybridized carbons (Fsp3) is 0.250. The molecule has 3 amide bonds. The predicted molar refractivity (Wildman–Crippen MR) is 135 cm³/mol. The Bertz CT molecular complexity index is 1420. The van der Waals surface area contributed by atoms with Gasteiger partial charge in [0, 0.05) is 0 Å². The summed E-state index contributed by atoms with van der Waals surface area (Å²) in [4.78, 5) is 39.0. The number of rotatable bonds is 3. The summed E-state index contributed by atoms with van der Waals surface area (Å²) in [6.07, 6.45) is -4.71. The number of halogens is 5. The third-order valence-electron chi connectivity index (χ3n) is 7.88. The van der Waals surface area contributed by atoms with Gasteiger partial charge in [0.2, 0.25) is 17.7 Å². The average molecular weight is 559 g/mol. The quantitative estimate of drug-likeness (QED) is 0.335. The summed E-state index contributed by atoms with van der Waals surface area (Å²) in [5.74, 6) is -4.57. The maximum absolute atomic E-state index is 13.9. The molecule has 3 atom stereocenters. The molecule has 3 aromatic carbocycles. The summed E-state index contributed by atoms with van der Waals surface area (Å²) in [7, 11) is 0. The lowest BCUT2D eigenvalue weighted by Gasteiger charge is -2.54. The van der Waals surface area contributed by atoms with Crippen LogP contribution in [0.4, 0.5) is 18.9 Å². The minimum Gasteiger partial charge on any atom is -0.324 e. The highest BCUT2D eigenvalue weighted by atomic mass is 35.5. The number of imide groups is 1. The van der Waals surface area contributed by atoms with Crippen molar-refractivity contribution in [2.45, 2.75) is 28.9 Å². The van der Waals surface area contributed by atoms with Crippen molar-refractivity contribution in [2.24, 2.45) is 11.8 Å². The van der Waals surface area contributed by atoms with Gasteiger partial charge in [-0.25, -0.2) is 0 Å². The van der Waals surface area contributed by atoms with Gasteiger partial charge in [0.15, 0.2) is 0 Å². The summed E-state index contributed by atoms with van der Waals surface area (Å²) in [5, 5.41) is 2.24. The Morgan fingerprint density at radius 1 is 0.816 bits per heavy atom. The highest BCUT2D eigenvalue weighted by Gasteiger charge is 2.73. The first kappa shape index (κ1) is 24.9. The van der Waals surface area contributed by atoms with Crippen molar-refractivity contribution in [1.29, 1.82) is 0 Å². The summed E-state index contributed by atoms with van der Waals surface area (Å²) >= 11 is 14.7. The normalized spacial score (nSPS) is 28.0. The summed E-state index contributed by atoms with van der Waals surface area (Å²) in [5.41, 5.74) is 0.908. The van der Waals surface area contributed by atoms with E-state index >= 15 is 0 Å². The van der Waals surface area contributed by atoms with Gasteiger partial charge in [0.1, 0.15) is 15.8 Å². The SMILES string of the molecule is C[C@@H](C(=O)Nc1ccccc1C(F)(F)F)N1C(=O)[C@@H]2[C@H](C1=O)C1(Cl)c3ccccc3C2(Cl)c2ccccc21. The minimum absolute atomic E-state index is 0.476. The molecule has 2 bridgehead atoms. The van der Waals surface area contributed by atoms with Crippen LogP contribution >= 0.6 is 23.2 Å². The average Bonchev–Trinajstić information content (AvgIpc) is 3.17. The number of nitrogens with zero attached hydrogens (tertiary/aromatic N) is 1. The lowest BCUT2D eigenvalue weighted by atomic mass is 9.54. The van der Waals surface area contributed by atoms with Crippen molar-refractivity contribution in [1.82, 2.24) is 4.90 Å². The summed E-state index contributed by atoms with van der Waals surface area (Å²) < 4.78 is 40.4. The smallest absolute Gasteiger partial charge is 0.324 e. The van der Waals surface area contributed by atoms with E-state index in [1.54, 1.807) is 48.5 Å². The van der Waals surface area contributed by atoms with E-state index in [-0.39, 0.29) is 0 Å². The topological polar surface area (TPSA) is 66.5 Å². The Morgan fingerprint density at radius 3 is 1.63 bits per heavy atom. The molecule has 3 aliphatic carbocycles. The summed E-state index contributed by atoms with van der Waals surface area (Å²) in [6.45, 7) is 1.29. The van der Waals surface area contributed by atoms with Crippen LogP contribution in [0.1, 0.15) is 34.7 Å². The number of benzene rings is 3. The highest BCUT2D eigenvalue weighted by molar-refractivity contribution is 6.36. The van der Waals surface area contributed by atoms with E-state index in [2.05, 4.69) is 5.32 Å². The molecule has 1 N–H and O–H groups in total. The number of carbonyl (C=O) groups excluding carboxylic acids is 3. The van der Waals surface area contributed by atoms with Gasteiger partial charge in [0.05, 0.1) is 23.1 Å². The molecule has 38 heavy (non-hydrogen) atoms. The molecule has 7 rings (SSSR count). The molecule has 0 radical (unpaired) electrons. The molecule has 1 fully saturated rings. The Kier molecular flexibility index (Phi) is 5.30. The molecule has 5 nitrogen and oxygen atoms in total. The standard InChI is InChI=1S/C28H19Cl2F3N2O3/c1-14(23(36)34-20-13-7-6-12-19(20)28(31,32)33)35-24(37)21-22(25(35)38)27(30)16-9-3-2-8-15(16)26(21,29)17-10-4-5-11-18(17)27/h2-14,21-22H,1H3,(H,34,36)/t14-,21-,22+,26?,27?/m0/s1. The second-order valence-corrected chi connectivity index (χ2v) is 10.9. The molecular weight excluding hydrogens is 540 g/mol. The Hall–Kier alpha value is -3.36. The molecule has 10 heteroatoms. The van der Waals surface area contributed by atoms with Crippen molar-refractivity contribution in [2.75, 3.05) is 5.32 Å². The second kappa shape index (κ2) is 8.07. The third kappa shape index (κ3) is 3.04. The van der Waals surface area contributed by atoms with Gasteiger partial charge in [-0.2, -0.15) is 13.2 Å². The van der Waals surface area contributed by atoms with Crippen LogP contribution in [0.15, 0.2) is 72.8 Å². The van der Waals surface area contributed by atoms with Gasteiger partial charge in [-0.1, -0.05) is 60.7 Å². The molecule has 1 heterocycles. The zero-order valence-electron chi connectivity index (χ0n) is 19.7. The predicted octanol–water partition coefficient (Wildman–Crippen LogP) is 5.63. The maximum atomic E-state index is 13.9. The largest absolute Gasteiger partial charge is 0.418 e. The van der Waals surface area contributed by atoms with E-state index < -0.39 is 62.8 Å². The van der Waals surface area contributed by atoms with E-state index in [9.17, 15) is 27.6 Å². The molecule has 194 valence electrons. The van der Waals surface area contributed by atoms with E-state index in [0.717, 1.165) is 17.0 Å². The van der Waals surface area contributed by atoms with Gasteiger partial charge in [0.25, 0.3) is 0 Å². The van der Waals surface area contributed by atoms with Crippen LogP contribution in [0.5, 0.6) is 0 Å². The first-order valence-electron chi connectivity index (χ1n) is 11.8. The van der Waals surface area contributed by atoms with Gasteiger partial charge < -0.3 is 5.32 Å². The zero-order chi connectivity index (χ0) is 27.2. The van der Waals surface area contributed by atoms with Crippen LogP contribution in [-0.2, 0) is 30.3 Å². The molecule has 0 aromatic heterocycles. The molecule has 0 unspecified atom stereocenters. The number of para-hydroxylation sites is 1. The Balaban J connectivity index is 1.42. The minimum atomic E-state index is -4.71. The van der Waals surface area contributed by atoms with Gasteiger partial charge in [-0.05, 0) is 41.3 Å². The fourth-order valence-electron chi connectivity index (χ4n) is 6.26. The fourth-order valence-corrected chi connectivity index (χ4v) is 7.36. The number of alkyl halides is 5. The second-order valence-electron chi connectivity index (χ2n) is 9.73. The molecule has 0 saturated carbocycles. The first-order valence-corrected chi connectivity index (χ1v) is 12.6. The molecule has 1 saturated heterocycles. The lowest BCUT2D eigenvalue weighted by Crippen LogP contribution is -2.57. The molecule has 0 spiro atoms. The monoisotopic (exact) mass is 558 g/mol. The summed E-state index contributed by atoms with van der Waals surface area (Å²) in [6, 6.07) is 17.2. The van der Waals surface area contributed by atoms with Gasteiger partial charge in [-0.15, -0.1) is 23.2 Å². The number of hydrogen-bond acceptors (Lipinski definition) is 3. The lowest BCUT2D eigenvalue weighted by molar-refractivity contribution is -0.146. The maximum Gasteiger partial charge on any atom is 0.418 e. The van der Waals surface area contributed by atoms with Crippen molar-refractivity contribution in [3.05, 3.63) is 101 Å². The molecule has 4 aliphatic rings. The Morgan fingerprint density at radius 2 is 1.21 bits per heavy atom. The van der Waals surface area contributed by atoms with E-state index in [1.165, 1.54) is 19.1 Å². The number of amides is 3. The van der Waals surface area contributed by atoms with Crippen LogP contribution in [-0.4, -0.2) is 28.7 Å². The van der Waals surface area contributed by atoms with Crippen LogP contribution in [0.3, 0.4) is 0 Å². The third-order valence-corrected chi connectivity index (χ3v) is 9.16. The van der Waals surface area contributed by atoms with Crippen molar-refractivity contribution < 1.29 is 27.6 Å². The van der Waals surface area contributed by atoms with Crippen molar-refractivity contribution in [3.8, 4) is 0 Å². The van der Waals surface area contributed by atoms with Crippen molar-refractivity contribution >= 4 is 46.6 Å². The van der Waals surface area contributed by atoms with Gasteiger partial charge in [-0.3, -0.25) is 19.3 Å². The van der Waals surface area contributed by atoms with Crippen LogP contribution < -0.4 is 5.32 Å². The molecule has 1 aliphatic heterocycles. The Labute approximate surface area is 225 Å². The van der Waals surface area contributed by atoms with E-state index in [0.29, 0.717) is 22.3 Å². The number of anilines is 1. The van der Waals surface area contributed by atoms with Crippen LogP contribution in [0, 0.1) is 11.8 Å². The molecule has 3 aromatic rings. The van der Waals surface area contributed by atoms with Crippen molar-refractivity contribution in [3.63, 3.8) is 0 Å². The van der Waals surface area contributed by atoms with Crippen LogP contribution in [0.2, 0.25) is 0 Å². The van der Waals surface area contributed by atoms with E-state index in [1.807, 2.05) is 0 Å². The zero-order valence-corrected chi connectivity index (χ0v) is 21.2. The number of nitrogens with one attached hydrogen (secondary N) is 1. The number of likely N-dealkylation sites (tertiary alicyclic amines) is 1. The highest BCUT2D eigenvalue weighted by Crippen LogP contribution is 2.69. The van der Waals surface area contributed by atoms with Gasteiger partial charge >= 0.3 is 6.18 Å². The molecular formula is C28H19Cl2F3N2O3. The van der Waals surface area contributed by atoms with Crippen LogP contribution in [0.25, 0.3) is 0 Å². The number of carbonyl (C=O) groups is 3. The number of hydrogen-bond donors (Lipinski definition) is 1. The first-order chi connectivity index (χ1) is 17.9.